The van der Waals surface area contributed by atoms with Crippen LogP contribution in [0.25, 0.3) is 0 Å². The van der Waals surface area contributed by atoms with Crippen LogP contribution < -0.4 is 5.32 Å². The van der Waals surface area contributed by atoms with Crippen molar-refractivity contribution < 1.29 is 9.15 Å². The van der Waals surface area contributed by atoms with Crippen LogP contribution in [-0.4, -0.2) is 19.2 Å². The van der Waals surface area contributed by atoms with E-state index in [2.05, 4.69) is 26.1 Å². The van der Waals surface area contributed by atoms with Gasteiger partial charge in [0.2, 0.25) is 0 Å². The minimum atomic E-state index is 0.247. The summed E-state index contributed by atoms with van der Waals surface area (Å²) in [5.41, 5.74) is 0. The van der Waals surface area contributed by atoms with E-state index in [0.717, 1.165) is 25.3 Å². The summed E-state index contributed by atoms with van der Waals surface area (Å²) in [6, 6.07) is 3.83. The fraction of sp³-hybridized carbons (Fsp3) is 0.692. The summed E-state index contributed by atoms with van der Waals surface area (Å²) in [6.07, 6.45) is 3.08. The molecule has 1 atom stereocenters. The summed E-state index contributed by atoms with van der Waals surface area (Å²) in [4.78, 5) is 0. The highest BCUT2D eigenvalue weighted by Gasteiger charge is 2.13. The largest absolute Gasteiger partial charge is 0.467 e. The molecule has 3 heteroatoms. The summed E-state index contributed by atoms with van der Waals surface area (Å²) in [7, 11) is 0. The van der Waals surface area contributed by atoms with Crippen LogP contribution in [0.3, 0.4) is 0 Å². The Morgan fingerprint density at radius 3 is 2.81 bits per heavy atom. The van der Waals surface area contributed by atoms with Crippen molar-refractivity contribution >= 4 is 0 Å². The zero-order chi connectivity index (χ0) is 11.8. The first-order valence-corrected chi connectivity index (χ1v) is 6.08. The average Bonchev–Trinajstić information content (AvgIpc) is 2.75. The van der Waals surface area contributed by atoms with Crippen LogP contribution in [0.1, 0.15) is 33.0 Å². The third-order valence-corrected chi connectivity index (χ3v) is 2.54. The fourth-order valence-electron chi connectivity index (χ4n) is 1.49. The summed E-state index contributed by atoms with van der Waals surface area (Å²) in [5.74, 6) is 1.40. The van der Waals surface area contributed by atoms with Gasteiger partial charge in [-0.2, -0.15) is 0 Å². The third kappa shape index (κ3) is 4.81. The van der Waals surface area contributed by atoms with E-state index in [1.165, 1.54) is 0 Å². The molecule has 92 valence electrons. The van der Waals surface area contributed by atoms with Crippen molar-refractivity contribution in [3.05, 3.63) is 24.2 Å². The van der Waals surface area contributed by atoms with E-state index in [0.29, 0.717) is 12.5 Å². The second-order valence-corrected chi connectivity index (χ2v) is 4.38. The normalized spacial score (nSPS) is 13.2. The predicted molar refractivity (Wildman–Crippen MR) is 65.3 cm³/mol. The molecule has 3 nitrogen and oxygen atoms in total. The first-order valence-electron chi connectivity index (χ1n) is 6.08. The molecule has 0 aliphatic heterocycles. The monoisotopic (exact) mass is 225 g/mol. The highest BCUT2D eigenvalue weighted by Crippen LogP contribution is 2.10. The molecule has 1 rings (SSSR count). The molecule has 16 heavy (non-hydrogen) atoms. The van der Waals surface area contributed by atoms with Crippen molar-refractivity contribution in [3.8, 4) is 0 Å². The summed E-state index contributed by atoms with van der Waals surface area (Å²) in [5, 5.41) is 3.39. The van der Waals surface area contributed by atoms with Crippen LogP contribution in [0.5, 0.6) is 0 Å². The van der Waals surface area contributed by atoms with Gasteiger partial charge in [-0.25, -0.2) is 0 Å². The number of hydrogen-bond acceptors (Lipinski definition) is 3. The van der Waals surface area contributed by atoms with E-state index >= 15 is 0 Å². The van der Waals surface area contributed by atoms with Gasteiger partial charge in [-0.1, -0.05) is 20.8 Å². The van der Waals surface area contributed by atoms with Crippen LogP contribution in [0, 0.1) is 5.92 Å². The SMILES string of the molecule is CCCNCC(OCc1ccco1)C(C)C. The van der Waals surface area contributed by atoms with Gasteiger partial charge in [0.15, 0.2) is 0 Å². The van der Waals surface area contributed by atoms with Crippen LogP contribution in [0.15, 0.2) is 22.8 Å². The lowest BCUT2D eigenvalue weighted by Crippen LogP contribution is -2.33. The maximum Gasteiger partial charge on any atom is 0.129 e. The summed E-state index contributed by atoms with van der Waals surface area (Å²) >= 11 is 0. The lowest BCUT2D eigenvalue weighted by molar-refractivity contribution is 0.00360. The quantitative estimate of drug-likeness (QED) is 0.691. The molecule has 1 N–H and O–H groups in total. The molecule has 0 spiro atoms. The van der Waals surface area contributed by atoms with Gasteiger partial charge in [0, 0.05) is 6.54 Å². The van der Waals surface area contributed by atoms with Crippen molar-refractivity contribution in [1.82, 2.24) is 5.32 Å². The molecule has 0 amide bonds. The number of ether oxygens (including phenoxy) is 1. The average molecular weight is 225 g/mol. The molecule has 1 aromatic rings. The Kier molecular flexibility index (Phi) is 6.19. The number of hydrogen-bond donors (Lipinski definition) is 1. The zero-order valence-electron chi connectivity index (χ0n) is 10.5. The molecule has 0 aliphatic rings. The second kappa shape index (κ2) is 7.47. The van der Waals surface area contributed by atoms with Gasteiger partial charge < -0.3 is 14.5 Å². The highest BCUT2D eigenvalue weighted by atomic mass is 16.5. The lowest BCUT2D eigenvalue weighted by atomic mass is 10.1. The maximum atomic E-state index is 5.84. The lowest BCUT2D eigenvalue weighted by Gasteiger charge is -2.21. The van der Waals surface area contributed by atoms with Crippen molar-refractivity contribution in [3.63, 3.8) is 0 Å². The zero-order valence-corrected chi connectivity index (χ0v) is 10.5. The fourth-order valence-corrected chi connectivity index (χ4v) is 1.49. The van der Waals surface area contributed by atoms with Gasteiger partial charge >= 0.3 is 0 Å². The van der Waals surface area contributed by atoms with E-state index in [1.54, 1.807) is 6.26 Å². The van der Waals surface area contributed by atoms with Crippen molar-refractivity contribution in [2.24, 2.45) is 5.92 Å². The van der Waals surface area contributed by atoms with Crippen LogP contribution in [-0.2, 0) is 11.3 Å². The molecule has 0 aliphatic carbocycles. The molecule has 1 heterocycles. The van der Waals surface area contributed by atoms with Crippen LogP contribution in [0.2, 0.25) is 0 Å². The topological polar surface area (TPSA) is 34.4 Å². The Bertz CT molecular complexity index is 257. The summed E-state index contributed by atoms with van der Waals surface area (Å²) in [6.45, 7) is 9.05. The predicted octanol–water partition coefficient (Wildman–Crippen LogP) is 2.82. The second-order valence-electron chi connectivity index (χ2n) is 4.38. The molecule has 1 aromatic heterocycles. The Hall–Kier alpha value is -0.800. The Balaban J connectivity index is 2.27. The molecule has 0 saturated heterocycles. The molecular formula is C13H23NO2. The van der Waals surface area contributed by atoms with Crippen molar-refractivity contribution in [2.45, 2.75) is 39.9 Å². The Morgan fingerprint density at radius 1 is 1.44 bits per heavy atom. The van der Waals surface area contributed by atoms with Gasteiger partial charge in [-0.15, -0.1) is 0 Å². The number of furan rings is 1. The molecule has 0 aromatic carbocycles. The standard InChI is InChI=1S/C13H23NO2/c1-4-7-14-9-13(11(2)3)16-10-12-6-5-8-15-12/h5-6,8,11,13-14H,4,7,9-10H2,1-3H3. The molecular weight excluding hydrogens is 202 g/mol. The minimum Gasteiger partial charge on any atom is -0.467 e. The van der Waals surface area contributed by atoms with Gasteiger partial charge in [-0.05, 0) is 31.0 Å². The first-order chi connectivity index (χ1) is 7.74. The minimum absolute atomic E-state index is 0.247. The highest BCUT2D eigenvalue weighted by molar-refractivity contribution is 4.96. The van der Waals surface area contributed by atoms with Gasteiger partial charge in [0.05, 0.1) is 12.4 Å². The third-order valence-electron chi connectivity index (χ3n) is 2.54. The van der Waals surface area contributed by atoms with Gasteiger partial charge in [0.25, 0.3) is 0 Å². The van der Waals surface area contributed by atoms with E-state index in [-0.39, 0.29) is 6.10 Å². The number of rotatable bonds is 8. The molecule has 0 radical (unpaired) electrons. The van der Waals surface area contributed by atoms with Crippen LogP contribution >= 0.6 is 0 Å². The van der Waals surface area contributed by atoms with Gasteiger partial charge in [-0.3, -0.25) is 0 Å². The number of nitrogens with one attached hydrogen (secondary N) is 1. The van der Waals surface area contributed by atoms with E-state index in [1.807, 2.05) is 12.1 Å². The molecule has 0 fully saturated rings. The Morgan fingerprint density at radius 2 is 2.25 bits per heavy atom. The first kappa shape index (κ1) is 13.3. The van der Waals surface area contributed by atoms with E-state index < -0.39 is 0 Å². The van der Waals surface area contributed by atoms with E-state index in [9.17, 15) is 0 Å². The molecule has 0 saturated carbocycles. The smallest absolute Gasteiger partial charge is 0.129 e. The van der Waals surface area contributed by atoms with Crippen molar-refractivity contribution in [1.29, 1.82) is 0 Å². The van der Waals surface area contributed by atoms with Crippen LogP contribution in [0.4, 0.5) is 0 Å². The Labute approximate surface area is 98.2 Å². The molecule has 1 unspecified atom stereocenters. The summed E-state index contributed by atoms with van der Waals surface area (Å²) < 4.78 is 11.1. The maximum absolute atomic E-state index is 5.84. The molecule has 0 bridgehead atoms. The van der Waals surface area contributed by atoms with Gasteiger partial charge in [0.1, 0.15) is 12.4 Å². The van der Waals surface area contributed by atoms with E-state index in [4.69, 9.17) is 9.15 Å². The van der Waals surface area contributed by atoms with Crippen molar-refractivity contribution in [2.75, 3.05) is 13.1 Å².